The van der Waals surface area contributed by atoms with E-state index in [2.05, 4.69) is 0 Å². The molecule has 4 rings (SSSR count). The number of rotatable bonds is 7. The summed E-state index contributed by atoms with van der Waals surface area (Å²) in [5.74, 6) is -3.26. The topological polar surface area (TPSA) is 112 Å². The number of carbonyl (C=O) groups excluding carboxylic acids is 5. The van der Waals surface area contributed by atoms with Crippen molar-refractivity contribution in [1.82, 2.24) is 9.47 Å². The molecule has 0 N–H and O–H groups in total. The molecule has 9 heteroatoms. The van der Waals surface area contributed by atoms with Gasteiger partial charge in [0.1, 0.15) is 6.04 Å². The molecule has 2 heterocycles. The van der Waals surface area contributed by atoms with Crippen molar-refractivity contribution >= 4 is 29.5 Å². The minimum Gasteiger partial charge on any atom is -0.465 e. The highest BCUT2D eigenvalue weighted by Gasteiger charge is 2.50. The van der Waals surface area contributed by atoms with Gasteiger partial charge in [-0.2, -0.15) is 0 Å². The third-order valence-corrected chi connectivity index (χ3v) is 6.89. The SMILES string of the molecule is COC(=O)c1ccc(-n2c(C)cc(C(=O)COC(=O)[C@H](C)N3C(=O)[C@H]4CC=CC[C@@H]4C3=O)c2C)cc1. The highest BCUT2D eigenvalue weighted by Crippen LogP contribution is 2.36. The molecule has 0 unspecified atom stereocenters. The van der Waals surface area contributed by atoms with Gasteiger partial charge in [-0.15, -0.1) is 0 Å². The van der Waals surface area contributed by atoms with Gasteiger partial charge in [0.2, 0.25) is 17.6 Å². The van der Waals surface area contributed by atoms with E-state index >= 15 is 0 Å². The Kier molecular flexibility index (Phi) is 6.92. The van der Waals surface area contributed by atoms with E-state index < -0.39 is 42.2 Å². The van der Waals surface area contributed by atoms with Crippen molar-refractivity contribution in [3.8, 4) is 5.69 Å². The lowest BCUT2D eigenvalue weighted by Crippen LogP contribution is -2.44. The predicted octanol–water partition coefficient (Wildman–Crippen LogP) is 2.95. The lowest BCUT2D eigenvalue weighted by molar-refractivity contribution is -0.157. The van der Waals surface area contributed by atoms with Gasteiger partial charge in [-0.05, 0) is 63.9 Å². The number of ether oxygens (including phenoxy) is 2. The van der Waals surface area contributed by atoms with Crippen molar-refractivity contribution in [2.75, 3.05) is 13.7 Å². The van der Waals surface area contributed by atoms with Crippen LogP contribution >= 0.6 is 0 Å². The van der Waals surface area contributed by atoms with Crippen LogP contribution in [0.1, 0.15) is 51.9 Å². The number of ketones is 1. The van der Waals surface area contributed by atoms with Crippen molar-refractivity contribution in [2.45, 2.75) is 39.7 Å². The largest absolute Gasteiger partial charge is 0.465 e. The number of aromatic nitrogens is 1. The van der Waals surface area contributed by atoms with Gasteiger partial charge in [0, 0.05) is 22.6 Å². The zero-order chi connectivity index (χ0) is 26.1. The number of nitrogens with zero attached hydrogens (tertiary/aromatic N) is 2. The molecule has 0 saturated carbocycles. The van der Waals surface area contributed by atoms with Gasteiger partial charge < -0.3 is 14.0 Å². The molecule has 1 saturated heterocycles. The molecule has 3 atom stereocenters. The number of benzene rings is 1. The number of aryl methyl sites for hydroxylation is 1. The molecule has 1 fully saturated rings. The lowest BCUT2D eigenvalue weighted by Gasteiger charge is -2.21. The quantitative estimate of drug-likeness (QED) is 0.253. The first kappa shape index (κ1) is 25.1. The summed E-state index contributed by atoms with van der Waals surface area (Å²) in [4.78, 5) is 63.7. The monoisotopic (exact) mass is 492 g/mol. The Morgan fingerprint density at radius 2 is 1.58 bits per heavy atom. The number of methoxy groups -OCH3 is 1. The number of allylic oxidation sites excluding steroid dienone is 2. The normalized spacial score (nSPS) is 19.7. The van der Waals surface area contributed by atoms with Crippen LogP contribution in [0.25, 0.3) is 5.69 Å². The summed E-state index contributed by atoms with van der Waals surface area (Å²) >= 11 is 0. The Labute approximate surface area is 208 Å². The van der Waals surface area contributed by atoms with Crippen LogP contribution in [0.3, 0.4) is 0 Å². The van der Waals surface area contributed by atoms with Crippen molar-refractivity contribution < 1.29 is 33.4 Å². The number of amides is 2. The summed E-state index contributed by atoms with van der Waals surface area (Å²) in [6.07, 6.45) is 4.71. The van der Waals surface area contributed by atoms with Crippen LogP contribution in [0.4, 0.5) is 0 Å². The number of likely N-dealkylation sites (tertiary alicyclic amines) is 1. The van der Waals surface area contributed by atoms with Gasteiger partial charge in [0.15, 0.2) is 6.61 Å². The molecule has 2 amide bonds. The third kappa shape index (κ3) is 4.36. The van der Waals surface area contributed by atoms with Crippen LogP contribution in [0.15, 0.2) is 42.5 Å². The van der Waals surface area contributed by atoms with Crippen molar-refractivity contribution in [3.63, 3.8) is 0 Å². The molecular weight excluding hydrogens is 464 g/mol. The fourth-order valence-corrected chi connectivity index (χ4v) is 4.95. The summed E-state index contributed by atoms with van der Waals surface area (Å²) in [5.41, 5.74) is 2.98. The Bertz CT molecular complexity index is 1250. The minimum absolute atomic E-state index is 0.369. The number of esters is 2. The summed E-state index contributed by atoms with van der Waals surface area (Å²) in [7, 11) is 1.31. The molecule has 9 nitrogen and oxygen atoms in total. The number of fused-ring (bicyclic) bond motifs is 1. The van der Waals surface area contributed by atoms with Gasteiger partial charge in [0.25, 0.3) is 0 Å². The van der Waals surface area contributed by atoms with Gasteiger partial charge >= 0.3 is 11.9 Å². The molecule has 2 aromatic rings. The Morgan fingerprint density at radius 3 is 2.14 bits per heavy atom. The van der Waals surface area contributed by atoms with Gasteiger partial charge in [-0.25, -0.2) is 9.59 Å². The summed E-state index contributed by atoms with van der Waals surface area (Å²) in [6.45, 7) is 4.54. The van der Waals surface area contributed by atoms with E-state index in [-0.39, 0.29) is 11.8 Å². The van der Waals surface area contributed by atoms with Crippen LogP contribution in [-0.2, 0) is 23.9 Å². The van der Waals surface area contributed by atoms with E-state index in [9.17, 15) is 24.0 Å². The second-order valence-electron chi connectivity index (χ2n) is 9.07. The minimum atomic E-state index is -1.11. The third-order valence-electron chi connectivity index (χ3n) is 6.89. The predicted molar refractivity (Wildman–Crippen MR) is 129 cm³/mol. The Hall–Kier alpha value is -4.01. The second-order valence-corrected chi connectivity index (χ2v) is 9.07. The molecule has 1 aliphatic heterocycles. The molecule has 1 aromatic carbocycles. The van der Waals surface area contributed by atoms with E-state index in [1.165, 1.54) is 14.0 Å². The number of hydrogen-bond donors (Lipinski definition) is 0. The molecule has 0 radical (unpaired) electrons. The fraction of sp³-hybridized carbons (Fsp3) is 0.370. The van der Waals surface area contributed by atoms with Crippen molar-refractivity contribution in [1.29, 1.82) is 0 Å². The second kappa shape index (κ2) is 9.93. The van der Waals surface area contributed by atoms with Crippen molar-refractivity contribution in [2.24, 2.45) is 11.8 Å². The van der Waals surface area contributed by atoms with Crippen LogP contribution in [0.2, 0.25) is 0 Å². The van der Waals surface area contributed by atoms with Crippen LogP contribution < -0.4 is 0 Å². The summed E-state index contributed by atoms with van der Waals surface area (Å²) in [5, 5.41) is 0. The first-order valence-electron chi connectivity index (χ1n) is 11.7. The first-order valence-corrected chi connectivity index (χ1v) is 11.7. The smallest absolute Gasteiger partial charge is 0.337 e. The van der Waals surface area contributed by atoms with Gasteiger partial charge in [0.05, 0.1) is 24.5 Å². The molecular formula is C27H28N2O7. The number of imide groups is 1. The molecule has 188 valence electrons. The summed E-state index contributed by atoms with van der Waals surface area (Å²) in [6, 6.07) is 7.37. The van der Waals surface area contributed by atoms with Crippen LogP contribution in [0.5, 0.6) is 0 Å². The average molecular weight is 493 g/mol. The number of Topliss-reactive ketones (excluding diaryl/α,β-unsaturated/α-hetero) is 1. The van der Waals surface area contributed by atoms with Crippen LogP contribution in [0, 0.1) is 25.7 Å². The number of carbonyl (C=O) groups is 5. The zero-order valence-electron chi connectivity index (χ0n) is 20.6. The Balaban J connectivity index is 1.43. The van der Waals surface area contributed by atoms with Gasteiger partial charge in [-0.3, -0.25) is 19.3 Å². The lowest BCUT2D eigenvalue weighted by atomic mass is 9.85. The van der Waals surface area contributed by atoms with Crippen LogP contribution in [-0.4, -0.2) is 58.8 Å². The highest BCUT2D eigenvalue weighted by atomic mass is 16.5. The number of hydrogen-bond acceptors (Lipinski definition) is 7. The van der Waals surface area contributed by atoms with Crippen molar-refractivity contribution in [3.05, 3.63) is 65.0 Å². The fourth-order valence-electron chi connectivity index (χ4n) is 4.95. The molecule has 2 aliphatic rings. The van der Waals surface area contributed by atoms with E-state index in [4.69, 9.17) is 9.47 Å². The first-order chi connectivity index (χ1) is 17.1. The van der Waals surface area contributed by atoms with E-state index in [1.807, 2.05) is 23.6 Å². The van der Waals surface area contributed by atoms with E-state index in [0.717, 1.165) is 16.3 Å². The van der Waals surface area contributed by atoms with E-state index in [1.54, 1.807) is 37.3 Å². The van der Waals surface area contributed by atoms with E-state index in [0.29, 0.717) is 29.7 Å². The van der Waals surface area contributed by atoms with Gasteiger partial charge in [-0.1, -0.05) is 12.2 Å². The highest BCUT2D eigenvalue weighted by molar-refractivity contribution is 6.08. The molecule has 36 heavy (non-hydrogen) atoms. The summed E-state index contributed by atoms with van der Waals surface area (Å²) < 4.78 is 11.8. The maximum atomic E-state index is 12.9. The zero-order valence-corrected chi connectivity index (χ0v) is 20.6. The molecule has 0 bridgehead atoms. The maximum Gasteiger partial charge on any atom is 0.337 e. The standard InChI is InChI=1S/C27H28N2O7/c1-15-13-22(16(2)28(15)19-11-9-18(10-12-19)27(34)35-4)23(30)14-36-26(33)17(3)29-24(31)20-7-5-6-8-21(20)25(29)32/h5-6,9-13,17,20-21H,7-8,14H2,1-4H3/t17-,20-,21-/m0/s1. The average Bonchev–Trinajstić information content (AvgIpc) is 3.33. The molecule has 1 aliphatic carbocycles. The Morgan fingerprint density at radius 1 is 1.00 bits per heavy atom. The molecule has 0 spiro atoms. The maximum absolute atomic E-state index is 12.9. The molecule has 1 aromatic heterocycles.